The topological polar surface area (TPSA) is 196 Å². The molecule has 102 heavy (non-hydrogen) atoms. The first-order valence-electron chi connectivity index (χ1n) is 35.9. The van der Waals surface area contributed by atoms with Crippen LogP contribution in [0, 0.1) is 17.8 Å². The van der Waals surface area contributed by atoms with Gasteiger partial charge >= 0.3 is 12.2 Å². The molecule has 562 valence electrons. The van der Waals surface area contributed by atoms with Gasteiger partial charge in [-0.3, -0.25) is 24.2 Å². The second-order valence-corrected chi connectivity index (χ2v) is 31.2. The molecule has 3 aliphatic heterocycles. The van der Waals surface area contributed by atoms with Gasteiger partial charge in [0.1, 0.15) is 11.2 Å². The molecule has 3 atom stereocenters. The van der Waals surface area contributed by atoms with Crippen LogP contribution in [0.5, 0.6) is 0 Å². The summed E-state index contributed by atoms with van der Waals surface area (Å²) in [6.07, 6.45) is 10.0. The third kappa shape index (κ3) is 22.6. The number of nitrogens with one attached hydrogen (secondary N) is 2. The molecule has 3 aromatic carbocycles. The normalized spacial score (nSPS) is 21.3. The Kier molecular flexibility index (Phi) is 27.9. The molecule has 0 radical (unpaired) electrons. The maximum atomic E-state index is 13.5. The number of aliphatic hydroxyl groups is 1. The molecule has 3 unspecified atom stereocenters. The van der Waals surface area contributed by atoms with E-state index in [-0.39, 0.29) is 117 Å². The van der Waals surface area contributed by atoms with Crippen LogP contribution in [-0.2, 0) is 36.8 Å². The molecule has 3 aliphatic carbocycles. The van der Waals surface area contributed by atoms with Gasteiger partial charge in [-0.1, -0.05) is 53.0 Å². The number of aromatic nitrogens is 3. The lowest BCUT2D eigenvalue weighted by atomic mass is 9.83. The predicted molar refractivity (Wildman–Crippen MR) is 383 cm³/mol. The van der Waals surface area contributed by atoms with Gasteiger partial charge in [-0.25, -0.2) is 35.9 Å². The van der Waals surface area contributed by atoms with Crippen LogP contribution in [0.2, 0.25) is 15.1 Å². The summed E-state index contributed by atoms with van der Waals surface area (Å²) in [6, 6.07) is 16.3. The van der Waals surface area contributed by atoms with Crippen molar-refractivity contribution in [2.75, 3.05) is 65.9 Å². The number of aromatic amines is 1. The van der Waals surface area contributed by atoms with Gasteiger partial charge in [-0.2, -0.15) is 0 Å². The van der Waals surface area contributed by atoms with E-state index >= 15 is 0 Å². The number of amides is 2. The number of carbonyl (C=O) groups is 5. The maximum absolute atomic E-state index is 13.5. The third-order valence-corrected chi connectivity index (χ3v) is 20.8. The second kappa shape index (κ2) is 35.4. The van der Waals surface area contributed by atoms with Gasteiger partial charge in [0.05, 0.1) is 84.4 Å². The summed E-state index contributed by atoms with van der Waals surface area (Å²) in [6.45, 7) is 16.7. The number of benzene rings is 3. The van der Waals surface area contributed by atoms with E-state index in [1.165, 1.54) is 4.90 Å². The average Bonchev–Trinajstić information content (AvgIpc) is 1.64. The van der Waals surface area contributed by atoms with Gasteiger partial charge in [0, 0.05) is 154 Å². The number of alkyl halides is 6. The Labute approximate surface area is 608 Å². The number of fused-ring (bicyclic) bond motifs is 3. The highest BCUT2D eigenvalue weighted by Crippen LogP contribution is 2.42. The fourth-order valence-electron chi connectivity index (χ4n) is 14.2. The van der Waals surface area contributed by atoms with Crippen LogP contribution >= 0.6 is 34.8 Å². The summed E-state index contributed by atoms with van der Waals surface area (Å²) < 4.78 is 111. The zero-order valence-corrected chi connectivity index (χ0v) is 61.6. The monoisotopic (exact) mass is 1490 g/mol. The number of carbonyl (C=O) groups excluding carboxylic acids is 5. The fourth-order valence-corrected chi connectivity index (χ4v) is 15.0. The molecule has 2 amide bonds. The molecule has 0 spiro atoms. The Hall–Kier alpha value is -5.92. The predicted octanol–water partition coefficient (Wildman–Crippen LogP) is 18.0. The number of ether oxygens (including phenoxy) is 5. The van der Waals surface area contributed by atoms with Crippen molar-refractivity contribution in [1.82, 2.24) is 29.2 Å². The van der Waals surface area contributed by atoms with Crippen LogP contribution < -0.4 is 5.32 Å². The number of H-pyrrole nitrogens is 1. The van der Waals surface area contributed by atoms with E-state index in [1.54, 1.807) is 35.5 Å². The van der Waals surface area contributed by atoms with Crippen LogP contribution in [-0.4, -0.2) is 172 Å². The molecule has 6 heterocycles. The molecule has 3 saturated carbocycles. The highest BCUT2D eigenvalue weighted by atomic mass is 35.5. The van der Waals surface area contributed by atoms with E-state index in [0.29, 0.717) is 174 Å². The molecule has 6 aromatic rings. The van der Waals surface area contributed by atoms with Crippen molar-refractivity contribution in [1.29, 1.82) is 0 Å². The zero-order chi connectivity index (χ0) is 73.7. The first kappa shape index (κ1) is 80.2. The molecular formula is C76H99Cl3F6N6O11. The number of halogens is 9. The number of hydrogen-bond acceptors (Lipinski definition) is 12. The molecule has 26 heteroatoms. The lowest BCUT2D eigenvalue weighted by Gasteiger charge is -2.36. The molecule has 6 fully saturated rings. The Balaban J connectivity index is 0.000000165. The highest BCUT2D eigenvalue weighted by molar-refractivity contribution is 6.38. The summed E-state index contributed by atoms with van der Waals surface area (Å²) in [5.41, 5.74) is 3.22. The molecule has 3 aromatic heterocycles. The summed E-state index contributed by atoms with van der Waals surface area (Å²) in [5, 5.41) is 16.3. The van der Waals surface area contributed by atoms with E-state index in [4.69, 9.17) is 63.6 Å². The molecular weight excluding hydrogens is 1390 g/mol. The van der Waals surface area contributed by atoms with Crippen LogP contribution in [0.3, 0.4) is 0 Å². The average molecular weight is 1490 g/mol. The molecule has 3 N–H and O–H groups in total. The van der Waals surface area contributed by atoms with Crippen LogP contribution in [0.25, 0.3) is 32.7 Å². The summed E-state index contributed by atoms with van der Waals surface area (Å²) in [4.78, 5) is 69.5. The van der Waals surface area contributed by atoms with E-state index in [1.807, 2.05) is 88.7 Å². The molecule has 0 bridgehead atoms. The number of aliphatic hydroxyl groups excluding tert-OH is 1. The van der Waals surface area contributed by atoms with Gasteiger partial charge in [0.15, 0.2) is 17.3 Å². The van der Waals surface area contributed by atoms with E-state index in [2.05, 4.69) is 14.9 Å². The SMILES string of the molecule is CC(C)(C)OC(=O)N1CCOCC1CO.CC(C)(C)OC(=O)N1CCOCC1Cn1cc(C(=O)CCC2CCC(F)(F)CC2)c2c(Cl)cccc21.O=C(CCC1CCC(F)(F)CC1)c1c[nH]c2cccc(Cl)c12.O=C(CCC1CCC(F)(F)CC1)c1cn(CC2COCCN2)c2cccc(Cl)c12. The maximum Gasteiger partial charge on any atom is 0.410 e. The quantitative estimate of drug-likeness (QED) is 0.0578. The minimum atomic E-state index is -2.57. The van der Waals surface area contributed by atoms with Crippen molar-refractivity contribution in [3.63, 3.8) is 0 Å². The summed E-state index contributed by atoms with van der Waals surface area (Å²) in [5.74, 6) is -7.04. The highest BCUT2D eigenvalue weighted by Gasteiger charge is 2.39. The summed E-state index contributed by atoms with van der Waals surface area (Å²) in [7, 11) is 0. The van der Waals surface area contributed by atoms with Crippen LogP contribution in [0.1, 0.15) is 188 Å². The Bertz CT molecular complexity index is 3800. The summed E-state index contributed by atoms with van der Waals surface area (Å²) >= 11 is 19.2. The van der Waals surface area contributed by atoms with Crippen molar-refractivity contribution >= 4 is 97.0 Å². The smallest absolute Gasteiger partial charge is 0.410 e. The van der Waals surface area contributed by atoms with Gasteiger partial charge < -0.3 is 48.2 Å². The number of Topliss-reactive ketones (excluding diaryl/α,β-unsaturated/α-hetero) is 3. The lowest BCUT2D eigenvalue weighted by molar-refractivity contribution is -0.0469. The minimum absolute atomic E-state index is 0.0247. The number of nitrogens with zero attached hydrogens (tertiary/aromatic N) is 4. The van der Waals surface area contributed by atoms with E-state index < -0.39 is 29.0 Å². The molecule has 12 rings (SSSR count). The van der Waals surface area contributed by atoms with Crippen molar-refractivity contribution in [2.45, 2.75) is 217 Å². The van der Waals surface area contributed by atoms with Crippen molar-refractivity contribution in [3.05, 3.63) is 105 Å². The molecule has 17 nitrogen and oxygen atoms in total. The van der Waals surface area contributed by atoms with Gasteiger partial charge in [0.2, 0.25) is 17.8 Å². The number of ketones is 3. The van der Waals surface area contributed by atoms with Crippen LogP contribution in [0.15, 0.2) is 73.2 Å². The van der Waals surface area contributed by atoms with Crippen molar-refractivity contribution < 1.29 is 79.1 Å². The standard InChI is InChI=1S/C27H35ClF2N2O4.C22H27ClF2N2O2.C17H18ClF2NO.C10H19NO4/c1-26(2,3)36-25(34)32-13-14-35-17-19(32)15-31-16-20(24-21(28)5-4-6-22(24)31)23(33)8-7-18-9-11-27(29,30)12-10-18;23-18-2-1-3-19-21(18)17(13-27(19)12-16-14-29-11-10-26-16)20(28)5-4-15-6-8-22(24,25)9-7-15;18-13-2-1-3-14-16(13)12(10-21-14)15(22)5-4-11-6-8-17(19,20)9-7-11;1-10(2,3)15-9(13)11-4-5-14-7-8(11)6-12/h4-6,16,18-19H,7-15,17H2,1-3H3;1-3,13,15-16,26H,4-12,14H2;1-3,10-11,21H,4-9H2;8,12H,4-7H2,1-3H3. The van der Waals surface area contributed by atoms with Crippen molar-refractivity contribution in [3.8, 4) is 0 Å². The second-order valence-electron chi connectivity index (χ2n) is 30.0. The largest absolute Gasteiger partial charge is 0.444 e. The fraction of sp³-hybridized carbons (Fsp3) is 0.618. The van der Waals surface area contributed by atoms with Crippen molar-refractivity contribution in [2.24, 2.45) is 17.8 Å². The Morgan fingerprint density at radius 2 is 0.922 bits per heavy atom. The third-order valence-electron chi connectivity index (χ3n) is 19.9. The molecule has 3 saturated heterocycles. The van der Waals surface area contributed by atoms with Gasteiger partial charge in [-0.15, -0.1) is 0 Å². The Morgan fingerprint density at radius 3 is 1.34 bits per heavy atom. The van der Waals surface area contributed by atoms with E-state index in [9.17, 15) is 50.3 Å². The van der Waals surface area contributed by atoms with E-state index in [0.717, 1.165) is 33.9 Å². The first-order valence-corrected chi connectivity index (χ1v) is 37.0. The van der Waals surface area contributed by atoms with Gasteiger partial charge in [-0.05, 0) is 153 Å². The Morgan fingerprint density at radius 1 is 0.529 bits per heavy atom. The lowest BCUT2D eigenvalue weighted by Crippen LogP contribution is -2.51. The first-order chi connectivity index (χ1) is 48.3. The number of rotatable bonds is 17. The minimum Gasteiger partial charge on any atom is -0.444 e. The molecule has 6 aliphatic rings. The number of morpholine rings is 3. The zero-order valence-electron chi connectivity index (χ0n) is 59.3. The van der Waals surface area contributed by atoms with Crippen LogP contribution in [0.4, 0.5) is 35.9 Å². The van der Waals surface area contributed by atoms with Gasteiger partial charge in [0.25, 0.3) is 0 Å². The number of hydrogen-bond donors (Lipinski definition) is 3.